The number of anilines is 1. The van der Waals surface area contributed by atoms with E-state index in [-0.39, 0.29) is 0 Å². The lowest BCUT2D eigenvalue weighted by Crippen LogP contribution is -2.33. The molecule has 5 heteroatoms. The molecule has 17 heavy (non-hydrogen) atoms. The zero-order valence-corrected chi connectivity index (χ0v) is 10.5. The summed E-state index contributed by atoms with van der Waals surface area (Å²) in [7, 11) is 0. The summed E-state index contributed by atoms with van der Waals surface area (Å²) in [5, 5.41) is 0.469. The Labute approximate surface area is 104 Å². The Morgan fingerprint density at radius 1 is 1.29 bits per heavy atom. The third-order valence-electron chi connectivity index (χ3n) is 2.40. The molecule has 0 bridgehead atoms. The van der Waals surface area contributed by atoms with Gasteiger partial charge in [-0.15, -0.1) is 0 Å². The number of hydrogen-bond acceptors (Lipinski definition) is 3. The quantitative estimate of drug-likeness (QED) is 0.752. The van der Waals surface area contributed by atoms with Gasteiger partial charge in [0.1, 0.15) is 0 Å². The zero-order chi connectivity index (χ0) is 12.4. The number of aryl methyl sites for hydroxylation is 1. The van der Waals surface area contributed by atoms with Crippen molar-refractivity contribution in [1.82, 2.24) is 0 Å². The number of amidine groups is 1. The van der Waals surface area contributed by atoms with Crippen molar-refractivity contribution in [2.24, 2.45) is 4.99 Å². The Morgan fingerprint density at radius 2 is 2.00 bits per heavy atom. The van der Waals surface area contributed by atoms with Crippen LogP contribution in [-0.4, -0.2) is 22.7 Å². The largest absolute Gasteiger partial charge is 0.338 e. The van der Waals surface area contributed by atoms with Crippen LogP contribution in [0.2, 0.25) is 0 Å². The Hall–Kier alpha value is -1.62. The molecule has 0 aromatic heterocycles. The molecule has 4 nitrogen and oxygen atoms in total. The van der Waals surface area contributed by atoms with Gasteiger partial charge in [-0.3, -0.25) is 14.5 Å². The minimum Gasteiger partial charge on any atom is -0.262 e. The van der Waals surface area contributed by atoms with Crippen LogP contribution in [0.25, 0.3) is 0 Å². The van der Waals surface area contributed by atoms with Gasteiger partial charge in [-0.2, -0.15) is 4.99 Å². The van der Waals surface area contributed by atoms with Crippen LogP contribution in [0.5, 0.6) is 0 Å². The van der Waals surface area contributed by atoms with Gasteiger partial charge >= 0.3 is 11.8 Å². The Morgan fingerprint density at radius 3 is 2.65 bits per heavy atom. The maximum absolute atomic E-state index is 11.8. The van der Waals surface area contributed by atoms with E-state index in [9.17, 15) is 9.59 Å². The highest BCUT2D eigenvalue weighted by molar-refractivity contribution is 8.14. The van der Waals surface area contributed by atoms with E-state index in [1.54, 1.807) is 0 Å². The first-order chi connectivity index (χ1) is 8.15. The van der Waals surface area contributed by atoms with E-state index in [1.165, 1.54) is 16.7 Å². The Bertz CT molecular complexity index is 511. The number of thioether (sulfide) groups is 1. The standard InChI is InChI=1S/C12H12N2O2S/c1-3-17-12-13-10(15)11(16)14(12)9-7-5-4-6-8(9)2/h4-7H,3H2,1-2H3. The number of amides is 2. The molecule has 0 saturated carbocycles. The summed E-state index contributed by atoms with van der Waals surface area (Å²) < 4.78 is 0. The second-order valence-corrected chi connectivity index (χ2v) is 4.79. The van der Waals surface area contributed by atoms with Gasteiger partial charge in [-0.1, -0.05) is 36.9 Å². The minimum atomic E-state index is -0.691. The molecule has 0 aliphatic carbocycles. The van der Waals surface area contributed by atoms with Crippen LogP contribution in [0.1, 0.15) is 12.5 Å². The van der Waals surface area contributed by atoms with E-state index in [4.69, 9.17) is 0 Å². The number of aliphatic imine (C=N–C) groups is 1. The second-order valence-electron chi connectivity index (χ2n) is 3.56. The summed E-state index contributed by atoms with van der Waals surface area (Å²) in [4.78, 5) is 28.3. The maximum Gasteiger partial charge on any atom is 0.338 e. The van der Waals surface area contributed by atoms with Gasteiger partial charge in [-0.25, -0.2) is 0 Å². The van der Waals surface area contributed by atoms with Crippen LogP contribution in [0.15, 0.2) is 29.3 Å². The molecule has 1 aromatic carbocycles. The average Bonchev–Trinajstić information content (AvgIpc) is 2.57. The average molecular weight is 248 g/mol. The molecule has 0 spiro atoms. The summed E-state index contributed by atoms with van der Waals surface area (Å²) in [5.74, 6) is -0.499. The highest BCUT2D eigenvalue weighted by Crippen LogP contribution is 2.26. The second kappa shape index (κ2) is 4.71. The molecular formula is C12H12N2O2S. The van der Waals surface area contributed by atoms with E-state index in [1.807, 2.05) is 38.1 Å². The minimum absolute atomic E-state index is 0.469. The smallest absolute Gasteiger partial charge is 0.262 e. The van der Waals surface area contributed by atoms with Gasteiger partial charge in [0, 0.05) is 0 Å². The van der Waals surface area contributed by atoms with Crippen LogP contribution >= 0.6 is 11.8 Å². The lowest BCUT2D eigenvalue weighted by Gasteiger charge is -2.18. The predicted molar refractivity (Wildman–Crippen MR) is 69.2 cm³/mol. The number of nitrogens with zero attached hydrogens (tertiary/aromatic N) is 2. The van der Waals surface area contributed by atoms with Crippen molar-refractivity contribution >= 4 is 34.4 Å². The van der Waals surface area contributed by atoms with Crippen LogP contribution in [0.4, 0.5) is 5.69 Å². The first-order valence-electron chi connectivity index (χ1n) is 5.30. The van der Waals surface area contributed by atoms with E-state index in [0.717, 1.165) is 17.0 Å². The molecule has 1 heterocycles. The molecule has 0 N–H and O–H groups in total. The van der Waals surface area contributed by atoms with Crippen molar-refractivity contribution in [1.29, 1.82) is 0 Å². The van der Waals surface area contributed by atoms with Gasteiger partial charge in [0.15, 0.2) is 5.17 Å². The van der Waals surface area contributed by atoms with Crippen molar-refractivity contribution in [2.45, 2.75) is 13.8 Å². The SMILES string of the molecule is CCSC1=NC(=O)C(=O)N1c1ccccc1C. The van der Waals surface area contributed by atoms with Gasteiger partial charge in [-0.05, 0) is 24.3 Å². The van der Waals surface area contributed by atoms with E-state index >= 15 is 0 Å². The zero-order valence-electron chi connectivity index (χ0n) is 9.64. The highest BCUT2D eigenvalue weighted by Gasteiger charge is 2.35. The highest BCUT2D eigenvalue weighted by atomic mass is 32.2. The van der Waals surface area contributed by atoms with Crippen molar-refractivity contribution in [3.63, 3.8) is 0 Å². The van der Waals surface area contributed by atoms with Gasteiger partial charge < -0.3 is 0 Å². The summed E-state index contributed by atoms with van der Waals surface area (Å²) in [6.07, 6.45) is 0. The van der Waals surface area contributed by atoms with Crippen LogP contribution in [0.3, 0.4) is 0 Å². The van der Waals surface area contributed by atoms with Gasteiger partial charge in [0.2, 0.25) is 0 Å². The van der Waals surface area contributed by atoms with E-state index < -0.39 is 11.8 Å². The summed E-state index contributed by atoms with van der Waals surface area (Å²) in [5.41, 5.74) is 1.67. The monoisotopic (exact) mass is 248 g/mol. The molecule has 0 atom stereocenters. The van der Waals surface area contributed by atoms with E-state index in [2.05, 4.69) is 4.99 Å². The lowest BCUT2D eigenvalue weighted by atomic mass is 10.2. The summed E-state index contributed by atoms with van der Waals surface area (Å²) in [6, 6.07) is 7.45. The number of hydrogen-bond donors (Lipinski definition) is 0. The molecular weight excluding hydrogens is 236 g/mol. The van der Waals surface area contributed by atoms with E-state index in [0.29, 0.717) is 5.17 Å². The van der Waals surface area contributed by atoms with Crippen LogP contribution < -0.4 is 4.90 Å². The number of para-hydroxylation sites is 1. The fraction of sp³-hybridized carbons (Fsp3) is 0.250. The predicted octanol–water partition coefficient (Wildman–Crippen LogP) is 1.98. The van der Waals surface area contributed by atoms with Crippen molar-refractivity contribution in [3.05, 3.63) is 29.8 Å². The first-order valence-corrected chi connectivity index (χ1v) is 6.29. The van der Waals surface area contributed by atoms with Crippen LogP contribution in [0, 0.1) is 6.92 Å². The molecule has 1 aliphatic rings. The first kappa shape index (κ1) is 11.9. The van der Waals surface area contributed by atoms with Gasteiger partial charge in [0.25, 0.3) is 0 Å². The maximum atomic E-state index is 11.8. The molecule has 1 aromatic rings. The number of carbonyl (C=O) groups is 2. The van der Waals surface area contributed by atoms with Crippen molar-refractivity contribution in [3.8, 4) is 0 Å². The third kappa shape index (κ3) is 2.10. The number of rotatable bonds is 2. The number of benzene rings is 1. The fourth-order valence-electron chi connectivity index (χ4n) is 1.62. The van der Waals surface area contributed by atoms with Crippen molar-refractivity contribution < 1.29 is 9.59 Å². The molecule has 0 radical (unpaired) electrons. The third-order valence-corrected chi connectivity index (χ3v) is 3.23. The van der Waals surface area contributed by atoms with Gasteiger partial charge in [0.05, 0.1) is 5.69 Å². The topological polar surface area (TPSA) is 49.7 Å². The molecule has 88 valence electrons. The Kier molecular flexibility index (Phi) is 3.28. The number of carbonyl (C=O) groups excluding carboxylic acids is 2. The molecule has 2 amide bonds. The molecule has 0 fully saturated rings. The summed E-state index contributed by atoms with van der Waals surface area (Å²) in [6.45, 7) is 3.86. The summed E-state index contributed by atoms with van der Waals surface area (Å²) >= 11 is 1.39. The fourth-order valence-corrected chi connectivity index (χ4v) is 2.34. The lowest BCUT2D eigenvalue weighted by molar-refractivity contribution is -0.134. The molecule has 1 aliphatic heterocycles. The van der Waals surface area contributed by atoms with Crippen molar-refractivity contribution in [2.75, 3.05) is 10.7 Å². The molecule has 2 rings (SSSR count). The molecule has 0 unspecified atom stereocenters. The normalized spacial score (nSPS) is 15.4. The molecule has 0 saturated heterocycles. The Balaban J connectivity index is 2.43. The van der Waals surface area contributed by atoms with Crippen LogP contribution in [-0.2, 0) is 9.59 Å².